The highest BCUT2D eigenvalue weighted by atomic mass is 32.1. The first kappa shape index (κ1) is 36.8. The number of aryl methyl sites for hydroxylation is 1. The molecule has 1 atom stereocenters. The van der Waals surface area contributed by atoms with E-state index in [0.717, 1.165) is 34.8 Å². The Morgan fingerprint density at radius 2 is 1.06 bits per heavy atom. The molecule has 0 radical (unpaired) electrons. The van der Waals surface area contributed by atoms with Crippen molar-refractivity contribution in [3.63, 3.8) is 0 Å². The highest BCUT2D eigenvalue weighted by Gasteiger charge is 2.35. The monoisotopic (exact) mass is 812 g/mol. The maximum atomic E-state index is 6.25. The molecule has 2 aromatic heterocycles. The molecular formula is C60H44OS. The number of fused-ring (bicyclic) bond motifs is 9. The van der Waals surface area contributed by atoms with Crippen LogP contribution in [0.15, 0.2) is 205 Å². The Balaban J connectivity index is 0.907. The molecule has 0 saturated carbocycles. The van der Waals surface area contributed by atoms with Crippen LogP contribution in [-0.4, -0.2) is 0 Å². The molecule has 1 nitrogen and oxygen atoms in total. The van der Waals surface area contributed by atoms with Crippen LogP contribution in [0.4, 0.5) is 0 Å². The topological polar surface area (TPSA) is 13.1 Å². The number of furan rings is 1. The molecule has 1 unspecified atom stereocenters. The van der Waals surface area contributed by atoms with Crippen LogP contribution in [-0.2, 0) is 11.8 Å². The zero-order chi connectivity index (χ0) is 41.4. The number of hydrogen-bond acceptors (Lipinski definition) is 2. The summed E-state index contributed by atoms with van der Waals surface area (Å²) < 4.78 is 8.88. The standard InChI is InChI=1S/C60H44OS/c1-60(2)54-17-9-6-14-46(54)47-32-29-44(35-55(47)60)45(41-27-25-40(26-28-41)39-12-4-3-5-13-39)31-22-38-20-23-42(24-21-38)51-37-59-53(49-16-8-11-19-58(49)62-59)36-50(51)43-30-33-57-52(34-43)48-15-7-10-18-56(48)61-57/h3-21,23-30,32-37,45H,22,31H2,1-2H3. The van der Waals surface area contributed by atoms with Gasteiger partial charge in [-0.15, -0.1) is 11.3 Å². The molecule has 2 heterocycles. The summed E-state index contributed by atoms with van der Waals surface area (Å²) in [6.45, 7) is 4.77. The van der Waals surface area contributed by atoms with Gasteiger partial charge < -0.3 is 4.42 Å². The van der Waals surface area contributed by atoms with Gasteiger partial charge in [0.2, 0.25) is 0 Å². The van der Waals surface area contributed by atoms with Gasteiger partial charge in [-0.1, -0.05) is 178 Å². The van der Waals surface area contributed by atoms with Crippen LogP contribution >= 0.6 is 11.3 Å². The third kappa shape index (κ3) is 6.12. The number of benzene rings is 9. The minimum Gasteiger partial charge on any atom is -0.456 e. The highest BCUT2D eigenvalue weighted by Crippen LogP contribution is 2.50. The Labute approximate surface area is 366 Å². The van der Waals surface area contributed by atoms with E-state index in [1.54, 1.807) is 0 Å². The maximum absolute atomic E-state index is 6.25. The lowest BCUT2D eigenvalue weighted by atomic mass is 9.79. The lowest BCUT2D eigenvalue weighted by molar-refractivity contribution is 0.654. The molecule has 62 heavy (non-hydrogen) atoms. The van der Waals surface area contributed by atoms with E-state index in [4.69, 9.17) is 4.42 Å². The van der Waals surface area contributed by atoms with Crippen LogP contribution in [0.2, 0.25) is 0 Å². The van der Waals surface area contributed by atoms with Crippen LogP contribution in [0.5, 0.6) is 0 Å². The number of thiophene rings is 1. The van der Waals surface area contributed by atoms with Crippen molar-refractivity contribution >= 4 is 53.4 Å². The van der Waals surface area contributed by atoms with E-state index in [2.05, 4.69) is 208 Å². The molecule has 0 amide bonds. The molecule has 0 saturated heterocycles. The Kier molecular flexibility index (Phi) is 8.66. The van der Waals surface area contributed by atoms with E-state index in [-0.39, 0.29) is 11.3 Å². The summed E-state index contributed by atoms with van der Waals surface area (Å²) in [5.41, 5.74) is 18.9. The second-order valence-corrected chi connectivity index (χ2v) is 18.6. The second kappa shape index (κ2) is 14.6. The predicted molar refractivity (Wildman–Crippen MR) is 264 cm³/mol. The Bertz CT molecular complexity index is 3470. The first-order valence-electron chi connectivity index (χ1n) is 21.8. The fourth-order valence-electron chi connectivity index (χ4n) is 10.3. The van der Waals surface area contributed by atoms with Crippen molar-refractivity contribution in [3.8, 4) is 44.5 Å². The third-order valence-electron chi connectivity index (χ3n) is 13.6. The molecule has 0 aliphatic heterocycles. The van der Waals surface area contributed by atoms with Crippen LogP contribution in [0.25, 0.3) is 86.6 Å². The van der Waals surface area contributed by atoms with Crippen molar-refractivity contribution in [2.45, 2.75) is 38.0 Å². The number of hydrogen-bond donors (Lipinski definition) is 0. The molecular weight excluding hydrogens is 769 g/mol. The third-order valence-corrected chi connectivity index (χ3v) is 14.8. The van der Waals surface area contributed by atoms with Gasteiger partial charge in [0.05, 0.1) is 0 Å². The van der Waals surface area contributed by atoms with E-state index in [1.807, 2.05) is 17.4 Å². The zero-order valence-corrected chi connectivity index (χ0v) is 35.7. The summed E-state index contributed by atoms with van der Waals surface area (Å²) in [4.78, 5) is 0. The summed E-state index contributed by atoms with van der Waals surface area (Å²) >= 11 is 1.88. The predicted octanol–water partition coefficient (Wildman–Crippen LogP) is 17.0. The Morgan fingerprint density at radius 1 is 0.419 bits per heavy atom. The molecule has 9 aromatic carbocycles. The van der Waals surface area contributed by atoms with Gasteiger partial charge in [-0.3, -0.25) is 0 Å². The van der Waals surface area contributed by atoms with Gasteiger partial charge in [-0.05, 0) is 122 Å². The van der Waals surface area contributed by atoms with Crippen molar-refractivity contribution in [1.82, 2.24) is 0 Å². The average Bonchev–Trinajstić information content (AvgIpc) is 3.96. The molecule has 2 heteroatoms. The second-order valence-electron chi connectivity index (χ2n) is 17.6. The summed E-state index contributed by atoms with van der Waals surface area (Å²) in [6, 6.07) is 74.4. The van der Waals surface area contributed by atoms with Gasteiger partial charge in [0.1, 0.15) is 11.2 Å². The van der Waals surface area contributed by atoms with E-state index in [1.165, 1.54) is 92.5 Å². The Hall–Kier alpha value is -7.00. The van der Waals surface area contributed by atoms with Crippen LogP contribution in [0.3, 0.4) is 0 Å². The van der Waals surface area contributed by atoms with E-state index in [0.29, 0.717) is 0 Å². The first-order valence-corrected chi connectivity index (χ1v) is 22.6. The van der Waals surface area contributed by atoms with Crippen LogP contribution in [0.1, 0.15) is 54.0 Å². The molecule has 0 spiro atoms. The smallest absolute Gasteiger partial charge is 0.135 e. The van der Waals surface area contributed by atoms with E-state index >= 15 is 0 Å². The largest absolute Gasteiger partial charge is 0.456 e. The van der Waals surface area contributed by atoms with E-state index in [9.17, 15) is 0 Å². The molecule has 1 aliphatic rings. The van der Waals surface area contributed by atoms with Gasteiger partial charge in [0.25, 0.3) is 0 Å². The molecule has 0 bridgehead atoms. The summed E-state index contributed by atoms with van der Waals surface area (Å²) in [7, 11) is 0. The van der Waals surface area contributed by atoms with Crippen molar-refractivity contribution in [3.05, 3.63) is 228 Å². The SMILES string of the molecule is CC1(C)c2ccccc2-c2ccc(C(CCc3ccc(-c4cc5sc6ccccc6c5cc4-c4ccc5oc6ccccc6c5c4)cc3)c3ccc(-c4ccccc4)cc3)cc21. The van der Waals surface area contributed by atoms with Gasteiger partial charge in [-0.2, -0.15) is 0 Å². The molecule has 11 aromatic rings. The summed E-state index contributed by atoms with van der Waals surface area (Å²) in [5.74, 6) is 0.250. The zero-order valence-electron chi connectivity index (χ0n) is 34.9. The lowest BCUT2D eigenvalue weighted by Gasteiger charge is -2.24. The highest BCUT2D eigenvalue weighted by molar-refractivity contribution is 7.25. The molecule has 0 fully saturated rings. The number of rotatable bonds is 8. The maximum Gasteiger partial charge on any atom is 0.135 e. The molecule has 296 valence electrons. The first-order chi connectivity index (χ1) is 30.5. The van der Waals surface area contributed by atoms with E-state index < -0.39 is 0 Å². The van der Waals surface area contributed by atoms with Gasteiger partial charge in [0.15, 0.2) is 0 Å². The van der Waals surface area contributed by atoms with Gasteiger partial charge in [-0.25, -0.2) is 0 Å². The minimum absolute atomic E-state index is 0.0464. The lowest BCUT2D eigenvalue weighted by Crippen LogP contribution is -2.15. The van der Waals surface area contributed by atoms with Crippen molar-refractivity contribution < 1.29 is 4.42 Å². The van der Waals surface area contributed by atoms with Crippen LogP contribution in [0, 0.1) is 0 Å². The fourth-order valence-corrected chi connectivity index (χ4v) is 11.4. The van der Waals surface area contributed by atoms with Crippen LogP contribution < -0.4 is 0 Å². The average molecular weight is 813 g/mol. The fraction of sp³-hybridized carbons (Fsp3) is 0.100. The quantitative estimate of drug-likeness (QED) is 0.149. The minimum atomic E-state index is -0.0464. The molecule has 0 N–H and O–H groups in total. The summed E-state index contributed by atoms with van der Waals surface area (Å²) in [5, 5.41) is 4.91. The molecule has 1 aliphatic carbocycles. The van der Waals surface area contributed by atoms with Crippen molar-refractivity contribution in [1.29, 1.82) is 0 Å². The Morgan fingerprint density at radius 3 is 1.92 bits per heavy atom. The number of para-hydroxylation sites is 1. The van der Waals surface area contributed by atoms with Crippen molar-refractivity contribution in [2.24, 2.45) is 0 Å². The van der Waals surface area contributed by atoms with Crippen molar-refractivity contribution in [2.75, 3.05) is 0 Å². The summed E-state index contributed by atoms with van der Waals surface area (Å²) in [6.07, 6.45) is 1.98. The molecule has 12 rings (SSSR count). The normalized spacial score (nSPS) is 13.5. The van der Waals surface area contributed by atoms with Gasteiger partial charge >= 0.3 is 0 Å². The van der Waals surface area contributed by atoms with Gasteiger partial charge in [0, 0.05) is 42.3 Å².